The van der Waals surface area contributed by atoms with Gasteiger partial charge in [-0.25, -0.2) is 4.79 Å². The number of aliphatic hydroxyl groups is 1. The van der Waals surface area contributed by atoms with Gasteiger partial charge in [0.1, 0.15) is 0 Å². The van der Waals surface area contributed by atoms with Gasteiger partial charge in [-0.3, -0.25) is 0 Å². The highest BCUT2D eigenvalue weighted by molar-refractivity contribution is 5.67. The molecule has 1 aliphatic heterocycles. The molecule has 0 spiro atoms. The Labute approximate surface area is 104 Å². The molecule has 1 saturated heterocycles. The molecular weight excluding hydrogens is 218 g/mol. The van der Waals surface area contributed by atoms with Gasteiger partial charge in [-0.15, -0.1) is 0 Å². The van der Waals surface area contributed by atoms with Gasteiger partial charge in [-0.05, 0) is 31.1 Å². The fraction of sp³-hybridized carbons (Fsp3) is 0.923. The van der Waals surface area contributed by atoms with Crippen molar-refractivity contribution < 1.29 is 14.6 Å². The fourth-order valence-electron chi connectivity index (χ4n) is 2.20. The summed E-state index contributed by atoms with van der Waals surface area (Å²) in [6.07, 6.45) is 3.76. The molecule has 4 heteroatoms. The van der Waals surface area contributed by atoms with Crippen LogP contribution in [0.4, 0.5) is 4.79 Å². The number of nitrogens with zero attached hydrogens (tertiary/aromatic N) is 1. The molecule has 0 aromatic rings. The lowest BCUT2D eigenvalue weighted by Gasteiger charge is -2.33. The van der Waals surface area contributed by atoms with Gasteiger partial charge in [0.2, 0.25) is 0 Å². The topological polar surface area (TPSA) is 49.8 Å². The number of hydrogen-bond donors (Lipinski definition) is 1. The van der Waals surface area contributed by atoms with Crippen LogP contribution in [0.3, 0.4) is 0 Å². The van der Waals surface area contributed by atoms with E-state index in [-0.39, 0.29) is 12.7 Å². The van der Waals surface area contributed by atoms with E-state index in [9.17, 15) is 4.79 Å². The molecule has 1 heterocycles. The van der Waals surface area contributed by atoms with Crippen molar-refractivity contribution >= 4 is 6.09 Å². The molecule has 1 N–H and O–H groups in total. The number of aliphatic hydroxyl groups excluding tert-OH is 1. The number of unbranched alkanes of at least 4 members (excludes halogenated alkanes) is 1. The molecule has 0 aromatic carbocycles. The maximum Gasteiger partial charge on any atom is 0.409 e. The SMILES string of the molecule is CCCCOC(=O)N1CCC([C@H](C)CO)CC1. The Bertz CT molecular complexity index is 225. The third-order valence-corrected chi connectivity index (χ3v) is 3.61. The largest absolute Gasteiger partial charge is 0.449 e. The quantitative estimate of drug-likeness (QED) is 0.754. The summed E-state index contributed by atoms with van der Waals surface area (Å²) in [6, 6.07) is 0. The number of piperidine rings is 1. The van der Waals surface area contributed by atoms with Crippen LogP contribution in [0.1, 0.15) is 39.5 Å². The molecule has 0 aliphatic carbocycles. The summed E-state index contributed by atoms with van der Waals surface area (Å²) >= 11 is 0. The lowest BCUT2D eigenvalue weighted by atomic mass is 9.86. The Balaban J connectivity index is 2.24. The first-order valence-electron chi connectivity index (χ1n) is 6.71. The second-order valence-corrected chi connectivity index (χ2v) is 4.95. The Morgan fingerprint density at radius 1 is 1.47 bits per heavy atom. The molecule has 0 aromatic heterocycles. The molecule has 1 fully saturated rings. The van der Waals surface area contributed by atoms with E-state index in [1.165, 1.54) is 0 Å². The zero-order chi connectivity index (χ0) is 12.7. The van der Waals surface area contributed by atoms with Crippen LogP contribution in [0.25, 0.3) is 0 Å². The molecule has 0 unspecified atom stereocenters. The Hall–Kier alpha value is -0.770. The first-order valence-corrected chi connectivity index (χ1v) is 6.71. The van der Waals surface area contributed by atoms with Gasteiger partial charge in [-0.2, -0.15) is 0 Å². The molecule has 1 rings (SSSR count). The van der Waals surface area contributed by atoms with Gasteiger partial charge in [0.05, 0.1) is 6.61 Å². The number of carbonyl (C=O) groups is 1. The third-order valence-electron chi connectivity index (χ3n) is 3.61. The molecule has 4 nitrogen and oxygen atoms in total. The summed E-state index contributed by atoms with van der Waals surface area (Å²) < 4.78 is 5.18. The van der Waals surface area contributed by atoms with E-state index < -0.39 is 0 Å². The van der Waals surface area contributed by atoms with E-state index in [1.807, 2.05) is 0 Å². The molecule has 0 saturated carbocycles. The number of rotatable bonds is 5. The maximum absolute atomic E-state index is 11.7. The highest BCUT2D eigenvalue weighted by Gasteiger charge is 2.26. The molecule has 1 atom stereocenters. The van der Waals surface area contributed by atoms with Gasteiger partial charge in [-0.1, -0.05) is 20.3 Å². The van der Waals surface area contributed by atoms with E-state index in [1.54, 1.807) is 4.90 Å². The number of ether oxygens (including phenoxy) is 1. The minimum Gasteiger partial charge on any atom is -0.449 e. The van der Waals surface area contributed by atoms with Crippen molar-refractivity contribution in [2.24, 2.45) is 11.8 Å². The van der Waals surface area contributed by atoms with Crippen molar-refractivity contribution in [2.75, 3.05) is 26.3 Å². The van der Waals surface area contributed by atoms with Crippen molar-refractivity contribution in [2.45, 2.75) is 39.5 Å². The van der Waals surface area contributed by atoms with E-state index in [4.69, 9.17) is 9.84 Å². The predicted octanol–water partition coefficient (Wildman–Crippen LogP) is 2.26. The third kappa shape index (κ3) is 4.54. The highest BCUT2D eigenvalue weighted by Crippen LogP contribution is 2.24. The minimum absolute atomic E-state index is 0.173. The van der Waals surface area contributed by atoms with E-state index in [0.717, 1.165) is 38.8 Å². The van der Waals surface area contributed by atoms with Crippen LogP contribution < -0.4 is 0 Å². The Kier molecular flexibility index (Phi) is 6.34. The lowest BCUT2D eigenvalue weighted by Crippen LogP contribution is -2.40. The van der Waals surface area contributed by atoms with Crippen LogP contribution in [0.2, 0.25) is 0 Å². The van der Waals surface area contributed by atoms with Crippen LogP contribution in [0.15, 0.2) is 0 Å². The van der Waals surface area contributed by atoms with Crippen molar-refractivity contribution in [1.29, 1.82) is 0 Å². The molecule has 17 heavy (non-hydrogen) atoms. The van der Waals surface area contributed by atoms with Crippen molar-refractivity contribution in [1.82, 2.24) is 4.90 Å². The van der Waals surface area contributed by atoms with Gasteiger partial charge in [0, 0.05) is 19.7 Å². The summed E-state index contributed by atoms with van der Waals surface area (Å²) in [6.45, 7) is 6.45. The van der Waals surface area contributed by atoms with Gasteiger partial charge in [0.15, 0.2) is 0 Å². The first-order chi connectivity index (χ1) is 8.19. The highest BCUT2D eigenvalue weighted by atomic mass is 16.6. The second kappa shape index (κ2) is 7.54. The van der Waals surface area contributed by atoms with Crippen molar-refractivity contribution in [3.8, 4) is 0 Å². The summed E-state index contributed by atoms with van der Waals surface area (Å²) in [7, 11) is 0. The lowest BCUT2D eigenvalue weighted by molar-refractivity contribution is 0.0739. The normalized spacial score (nSPS) is 19.1. The van der Waals surface area contributed by atoms with Crippen molar-refractivity contribution in [3.05, 3.63) is 0 Å². The maximum atomic E-state index is 11.7. The Morgan fingerprint density at radius 2 is 2.12 bits per heavy atom. The summed E-state index contributed by atoms with van der Waals surface area (Å²) in [5.41, 5.74) is 0. The summed E-state index contributed by atoms with van der Waals surface area (Å²) in [4.78, 5) is 13.5. The van der Waals surface area contributed by atoms with Crippen LogP contribution in [0, 0.1) is 11.8 Å². The predicted molar refractivity (Wildman–Crippen MR) is 66.8 cm³/mol. The van der Waals surface area contributed by atoms with Crippen LogP contribution >= 0.6 is 0 Å². The fourth-order valence-corrected chi connectivity index (χ4v) is 2.20. The average molecular weight is 243 g/mol. The van der Waals surface area contributed by atoms with E-state index >= 15 is 0 Å². The molecule has 1 amide bonds. The molecular formula is C13H25NO3. The zero-order valence-electron chi connectivity index (χ0n) is 11.0. The number of hydrogen-bond acceptors (Lipinski definition) is 3. The molecule has 0 bridgehead atoms. The molecule has 100 valence electrons. The van der Waals surface area contributed by atoms with Gasteiger partial charge < -0.3 is 14.7 Å². The first kappa shape index (κ1) is 14.3. The van der Waals surface area contributed by atoms with Crippen LogP contribution in [-0.2, 0) is 4.74 Å². The zero-order valence-corrected chi connectivity index (χ0v) is 11.0. The summed E-state index contributed by atoms with van der Waals surface area (Å²) in [5, 5.41) is 9.10. The number of carbonyl (C=O) groups excluding carboxylic acids is 1. The van der Waals surface area contributed by atoms with E-state index in [0.29, 0.717) is 18.4 Å². The molecule has 0 radical (unpaired) electrons. The summed E-state index contributed by atoms with van der Waals surface area (Å²) in [5.74, 6) is 0.882. The number of amides is 1. The van der Waals surface area contributed by atoms with Gasteiger partial charge in [0.25, 0.3) is 0 Å². The molecule has 1 aliphatic rings. The van der Waals surface area contributed by atoms with Crippen LogP contribution in [0.5, 0.6) is 0 Å². The average Bonchev–Trinajstić information content (AvgIpc) is 2.38. The smallest absolute Gasteiger partial charge is 0.409 e. The second-order valence-electron chi connectivity index (χ2n) is 4.95. The Morgan fingerprint density at radius 3 is 2.65 bits per heavy atom. The van der Waals surface area contributed by atoms with Crippen molar-refractivity contribution in [3.63, 3.8) is 0 Å². The number of likely N-dealkylation sites (tertiary alicyclic amines) is 1. The monoisotopic (exact) mass is 243 g/mol. The minimum atomic E-state index is -0.173. The van der Waals surface area contributed by atoms with Crippen LogP contribution in [-0.4, -0.2) is 42.4 Å². The van der Waals surface area contributed by atoms with E-state index in [2.05, 4.69) is 13.8 Å². The van der Waals surface area contributed by atoms with Gasteiger partial charge >= 0.3 is 6.09 Å². The standard InChI is InChI=1S/C13H25NO3/c1-3-4-9-17-13(16)14-7-5-12(6-8-14)11(2)10-15/h11-12,15H,3-10H2,1-2H3/t11-/m1/s1.